The standard InChI is InChI=1S/C14H20N4/c1-14(2)6-4-7-16-12(14)13-17-10-9-15-8-5-11(10)18(13)3/h5,8-9,12,16H,4,6-7H2,1-3H3. The van der Waals surface area contributed by atoms with Crippen LogP contribution in [0.3, 0.4) is 0 Å². The summed E-state index contributed by atoms with van der Waals surface area (Å²) in [5, 5.41) is 3.62. The maximum Gasteiger partial charge on any atom is 0.127 e. The SMILES string of the molecule is Cn1c(C2NCCCC2(C)C)nc2cnccc21. The number of hydrogen-bond acceptors (Lipinski definition) is 3. The molecular formula is C14H20N4. The highest BCUT2D eigenvalue weighted by molar-refractivity contribution is 5.74. The molecule has 1 unspecified atom stereocenters. The van der Waals surface area contributed by atoms with E-state index in [-0.39, 0.29) is 5.41 Å². The molecule has 1 aliphatic rings. The van der Waals surface area contributed by atoms with Crippen LogP contribution in [-0.4, -0.2) is 21.1 Å². The van der Waals surface area contributed by atoms with Gasteiger partial charge in [-0.05, 0) is 30.9 Å². The highest BCUT2D eigenvalue weighted by atomic mass is 15.1. The summed E-state index contributed by atoms with van der Waals surface area (Å²) in [5.74, 6) is 1.13. The maximum atomic E-state index is 4.77. The number of nitrogens with zero attached hydrogens (tertiary/aromatic N) is 3. The number of hydrogen-bond donors (Lipinski definition) is 1. The average Bonchev–Trinajstić information content (AvgIpc) is 2.67. The van der Waals surface area contributed by atoms with Gasteiger partial charge in [0.2, 0.25) is 0 Å². The summed E-state index contributed by atoms with van der Waals surface area (Å²) >= 11 is 0. The summed E-state index contributed by atoms with van der Waals surface area (Å²) < 4.78 is 2.20. The smallest absolute Gasteiger partial charge is 0.127 e. The Morgan fingerprint density at radius 2 is 2.28 bits per heavy atom. The Bertz CT molecular complexity index is 570. The summed E-state index contributed by atoms with van der Waals surface area (Å²) in [4.78, 5) is 8.92. The second kappa shape index (κ2) is 4.05. The Morgan fingerprint density at radius 1 is 1.44 bits per heavy atom. The van der Waals surface area contributed by atoms with Gasteiger partial charge >= 0.3 is 0 Å². The molecule has 1 saturated heterocycles. The van der Waals surface area contributed by atoms with Gasteiger partial charge in [0, 0.05) is 13.2 Å². The molecule has 0 amide bonds. The molecule has 1 N–H and O–H groups in total. The first-order chi connectivity index (χ1) is 8.59. The largest absolute Gasteiger partial charge is 0.330 e. The van der Waals surface area contributed by atoms with Crippen molar-refractivity contribution in [3.05, 3.63) is 24.3 Å². The fraction of sp³-hybridized carbons (Fsp3) is 0.571. The van der Waals surface area contributed by atoms with E-state index in [9.17, 15) is 0 Å². The van der Waals surface area contributed by atoms with E-state index >= 15 is 0 Å². The molecule has 18 heavy (non-hydrogen) atoms. The van der Waals surface area contributed by atoms with Gasteiger partial charge in [-0.15, -0.1) is 0 Å². The van der Waals surface area contributed by atoms with Crippen LogP contribution in [0.15, 0.2) is 18.5 Å². The Labute approximate surface area is 107 Å². The van der Waals surface area contributed by atoms with E-state index in [1.54, 1.807) is 0 Å². The summed E-state index contributed by atoms with van der Waals surface area (Å²) in [5.41, 5.74) is 2.39. The quantitative estimate of drug-likeness (QED) is 0.837. The number of aryl methyl sites for hydroxylation is 1. The van der Waals surface area contributed by atoms with Gasteiger partial charge in [-0.25, -0.2) is 4.98 Å². The first-order valence-electron chi connectivity index (χ1n) is 6.59. The van der Waals surface area contributed by atoms with Crippen LogP contribution in [0.2, 0.25) is 0 Å². The lowest BCUT2D eigenvalue weighted by Gasteiger charge is -2.38. The van der Waals surface area contributed by atoms with Crippen molar-refractivity contribution < 1.29 is 0 Å². The van der Waals surface area contributed by atoms with Gasteiger partial charge in [-0.3, -0.25) is 4.98 Å². The van der Waals surface area contributed by atoms with Gasteiger partial charge in [-0.1, -0.05) is 13.8 Å². The first kappa shape index (κ1) is 11.7. The molecule has 0 aliphatic carbocycles. The summed E-state index contributed by atoms with van der Waals surface area (Å²) in [6, 6.07) is 2.35. The zero-order chi connectivity index (χ0) is 12.8. The molecule has 2 aromatic heterocycles. The average molecular weight is 244 g/mol. The van der Waals surface area contributed by atoms with Crippen LogP contribution in [0.5, 0.6) is 0 Å². The van der Waals surface area contributed by atoms with Crippen LogP contribution >= 0.6 is 0 Å². The Morgan fingerprint density at radius 3 is 3.00 bits per heavy atom. The Kier molecular flexibility index (Phi) is 2.63. The van der Waals surface area contributed by atoms with Gasteiger partial charge in [0.25, 0.3) is 0 Å². The molecule has 0 aromatic carbocycles. The molecule has 0 bridgehead atoms. The number of pyridine rings is 1. The van der Waals surface area contributed by atoms with Gasteiger partial charge in [0.1, 0.15) is 11.3 Å². The molecular weight excluding hydrogens is 224 g/mol. The summed E-state index contributed by atoms with van der Waals surface area (Å²) in [7, 11) is 2.09. The predicted molar refractivity (Wildman–Crippen MR) is 72.3 cm³/mol. The lowest BCUT2D eigenvalue weighted by atomic mass is 9.77. The topological polar surface area (TPSA) is 42.7 Å². The predicted octanol–water partition coefficient (Wildman–Crippen LogP) is 2.42. The molecule has 4 heteroatoms. The molecule has 2 aromatic rings. The van der Waals surface area contributed by atoms with Crippen molar-refractivity contribution in [1.82, 2.24) is 19.9 Å². The highest BCUT2D eigenvalue weighted by Crippen LogP contribution is 2.40. The van der Waals surface area contributed by atoms with Crippen molar-refractivity contribution in [2.45, 2.75) is 32.7 Å². The van der Waals surface area contributed by atoms with E-state index in [0.29, 0.717) is 6.04 Å². The minimum Gasteiger partial charge on any atom is -0.330 e. The van der Waals surface area contributed by atoms with E-state index in [1.807, 2.05) is 18.5 Å². The first-order valence-corrected chi connectivity index (χ1v) is 6.59. The van der Waals surface area contributed by atoms with Crippen molar-refractivity contribution >= 4 is 11.0 Å². The molecule has 0 radical (unpaired) electrons. The minimum absolute atomic E-state index is 0.251. The highest BCUT2D eigenvalue weighted by Gasteiger charge is 2.35. The van der Waals surface area contributed by atoms with Crippen LogP contribution < -0.4 is 5.32 Å². The Hall–Kier alpha value is -1.42. The van der Waals surface area contributed by atoms with Crippen molar-refractivity contribution in [3.8, 4) is 0 Å². The van der Waals surface area contributed by atoms with Crippen molar-refractivity contribution in [2.75, 3.05) is 6.54 Å². The van der Waals surface area contributed by atoms with Crippen molar-refractivity contribution in [1.29, 1.82) is 0 Å². The fourth-order valence-corrected chi connectivity index (χ4v) is 2.98. The van der Waals surface area contributed by atoms with E-state index in [1.165, 1.54) is 12.8 Å². The van der Waals surface area contributed by atoms with Crippen LogP contribution in [0.4, 0.5) is 0 Å². The molecule has 3 heterocycles. The number of rotatable bonds is 1. The van der Waals surface area contributed by atoms with E-state index in [2.05, 4.69) is 35.8 Å². The molecule has 0 spiro atoms. The van der Waals surface area contributed by atoms with E-state index < -0.39 is 0 Å². The van der Waals surface area contributed by atoms with Gasteiger partial charge in [-0.2, -0.15) is 0 Å². The second-order valence-corrected chi connectivity index (χ2v) is 5.87. The zero-order valence-corrected chi connectivity index (χ0v) is 11.3. The molecule has 96 valence electrons. The maximum absolute atomic E-state index is 4.77. The monoisotopic (exact) mass is 244 g/mol. The van der Waals surface area contributed by atoms with Crippen molar-refractivity contribution in [3.63, 3.8) is 0 Å². The van der Waals surface area contributed by atoms with Crippen molar-refractivity contribution in [2.24, 2.45) is 12.5 Å². The minimum atomic E-state index is 0.251. The van der Waals surface area contributed by atoms with E-state index in [0.717, 1.165) is 23.4 Å². The van der Waals surface area contributed by atoms with Gasteiger partial charge in [0.15, 0.2) is 0 Å². The molecule has 1 aliphatic heterocycles. The number of nitrogens with one attached hydrogen (secondary N) is 1. The molecule has 3 rings (SSSR count). The van der Waals surface area contributed by atoms with E-state index in [4.69, 9.17) is 4.98 Å². The third-order valence-electron chi connectivity index (χ3n) is 4.10. The van der Waals surface area contributed by atoms with Gasteiger partial charge in [0.05, 0.1) is 17.8 Å². The molecule has 4 nitrogen and oxygen atoms in total. The third kappa shape index (κ3) is 1.72. The van der Waals surface area contributed by atoms with Gasteiger partial charge < -0.3 is 9.88 Å². The lowest BCUT2D eigenvalue weighted by Crippen LogP contribution is -2.41. The molecule has 1 fully saturated rings. The molecule has 1 atom stereocenters. The fourth-order valence-electron chi connectivity index (χ4n) is 2.98. The van der Waals surface area contributed by atoms with Crippen LogP contribution in [0.25, 0.3) is 11.0 Å². The summed E-state index contributed by atoms with van der Waals surface area (Å²) in [6.07, 6.45) is 6.16. The number of fused-ring (bicyclic) bond motifs is 1. The zero-order valence-electron chi connectivity index (χ0n) is 11.3. The third-order valence-corrected chi connectivity index (χ3v) is 4.10. The Balaban J connectivity index is 2.11. The normalized spacial score (nSPS) is 23.4. The van der Waals surface area contributed by atoms with Crippen LogP contribution in [-0.2, 0) is 7.05 Å². The number of imidazole rings is 1. The number of piperidine rings is 1. The van der Waals surface area contributed by atoms with Crippen LogP contribution in [0.1, 0.15) is 38.6 Å². The van der Waals surface area contributed by atoms with Crippen LogP contribution in [0, 0.1) is 5.41 Å². The number of aromatic nitrogens is 3. The lowest BCUT2D eigenvalue weighted by molar-refractivity contribution is 0.172. The second-order valence-electron chi connectivity index (χ2n) is 5.87. The summed E-state index contributed by atoms with van der Waals surface area (Å²) in [6.45, 7) is 5.72. The molecule has 0 saturated carbocycles.